The fraction of sp³-hybridized carbons (Fsp3) is 0.375. The minimum Gasteiger partial charge on any atom is -0.458 e. The predicted octanol–water partition coefficient (Wildman–Crippen LogP) is 3.24. The Morgan fingerprint density at radius 1 is 1.36 bits per heavy atom. The zero-order valence-electron chi connectivity index (χ0n) is 18.1. The Morgan fingerprint density at radius 2 is 2.12 bits per heavy atom. The van der Waals surface area contributed by atoms with Gasteiger partial charge in [0.2, 0.25) is 0 Å². The lowest BCUT2D eigenvalue weighted by atomic mass is 9.82. The Bertz CT molecular complexity index is 1500. The molecule has 1 aromatic carbocycles. The minimum atomic E-state index is -1.90. The highest BCUT2D eigenvalue weighted by atomic mass is 79.9. The maximum atomic E-state index is 15.0. The van der Waals surface area contributed by atoms with Gasteiger partial charge in [0.1, 0.15) is 12.4 Å². The first kappa shape index (κ1) is 20.9. The number of carbonyl (C=O) groups is 1. The molecule has 0 unspecified atom stereocenters. The number of carbonyl (C=O) groups excluding carboxylic acids is 1. The second-order valence-electron chi connectivity index (χ2n) is 9.06. The number of ether oxygens (including phenoxy) is 1. The maximum Gasteiger partial charge on any atom is 0.343 e. The van der Waals surface area contributed by atoms with E-state index in [0.717, 1.165) is 22.1 Å². The van der Waals surface area contributed by atoms with E-state index in [-0.39, 0.29) is 52.6 Å². The van der Waals surface area contributed by atoms with Crippen LogP contribution in [0.5, 0.6) is 0 Å². The van der Waals surface area contributed by atoms with Crippen LogP contribution in [-0.4, -0.2) is 20.6 Å². The van der Waals surface area contributed by atoms with Crippen LogP contribution in [0, 0.1) is 12.7 Å². The summed E-state index contributed by atoms with van der Waals surface area (Å²) in [6.45, 7) is 3.51. The minimum absolute atomic E-state index is 0.0647. The second-order valence-corrected chi connectivity index (χ2v) is 9.85. The Hall–Kier alpha value is -2.62. The lowest BCUT2D eigenvalue weighted by Gasteiger charge is -2.31. The third-order valence-electron chi connectivity index (χ3n) is 7.50. The molecule has 170 valence electrons. The van der Waals surface area contributed by atoms with E-state index in [4.69, 9.17) is 15.5 Å². The van der Waals surface area contributed by atoms with Gasteiger partial charge in [-0.1, -0.05) is 6.92 Å². The van der Waals surface area contributed by atoms with Crippen molar-refractivity contribution in [2.45, 2.75) is 57.9 Å². The Balaban J connectivity index is 1.73. The summed E-state index contributed by atoms with van der Waals surface area (Å²) in [5, 5.41) is 11.9. The topological polar surface area (TPSA) is 107 Å². The molecule has 0 radical (unpaired) electrons. The molecule has 6 rings (SSSR count). The summed E-state index contributed by atoms with van der Waals surface area (Å²) in [5.41, 5.74) is 9.54. The number of aromatic nitrogens is 2. The van der Waals surface area contributed by atoms with Gasteiger partial charge in [0.05, 0.1) is 33.5 Å². The van der Waals surface area contributed by atoms with Gasteiger partial charge in [0.15, 0.2) is 5.60 Å². The quantitative estimate of drug-likeness (QED) is 0.378. The van der Waals surface area contributed by atoms with Crippen LogP contribution < -0.4 is 11.3 Å². The van der Waals surface area contributed by atoms with E-state index in [1.165, 1.54) is 0 Å². The molecule has 4 heterocycles. The molecule has 2 atom stereocenters. The number of aliphatic hydroxyl groups is 1. The number of esters is 1. The Kier molecular flexibility index (Phi) is 4.26. The van der Waals surface area contributed by atoms with E-state index < -0.39 is 11.6 Å². The van der Waals surface area contributed by atoms with Crippen molar-refractivity contribution in [1.29, 1.82) is 0 Å². The number of aryl methyl sites for hydroxylation is 1. The van der Waals surface area contributed by atoms with Gasteiger partial charge >= 0.3 is 5.97 Å². The predicted molar refractivity (Wildman–Crippen MR) is 122 cm³/mol. The van der Waals surface area contributed by atoms with Crippen LogP contribution in [0.25, 0.3) is 22.3 Å². The van der Waals surface area contributed by atoms with Gasteiger partial charge < -0.3 is 20.1 Å². The second kappa shape index (κ2) is 6.71. The summed E-state index contributed by atoms with van der Waals surface area (Å²) in [6.07, 6.45) is 1.39. The van der Waals surface area contributed by atoms with Crippen molar-refractivity contribution in [3.05, 3.63) is 60.1 Å². The van der Waals surface area contributed by atoms with E-state index in [1.807, 2.05) is 0 Å². The van der Waals surface area contributed by atoms with Gasteiger partial charge in [-0.05, 0) is 64.9 Å². The fourth-order valence-electron chi connectivity index (χ4n) is 5.64. The molecule has 7 nitrogen and oxygen atoms in total. The number of hydrogen-bond donors (Lipinski definition) is 2. The number of nitrogens with zero attached hydrogens (tertiary/aromatic N) is 2. The highest BCUT2D eigenvalue weighted by Crippen LogP contribution is 2.47. The number of hydrogen-bond acceptors (Lipinski definition) is 6. The molecule has 0 amide bonds. The number of pyridine rings is 2. The molecular weight excluding hydrogens is 493 g/mol. The number of benzene rings is 1. The van der Waals surface area contributed by atoms with Gasteiger partial charge in [-0.15, -0.1) is 0 Å². The molecule has 0 bridgehead atoms. The van der Waals surface area contributed by atoms with Gasteiger partial charge in [-0.25, -0.2) is 14.2 Å². The SMILES string of the molecule is CC[C@@]1(O)C(=O)OCc2c1cc1n(c2=O)Cc2c-1nc1c(Br)c(F)c(C)c3c1c2[C@@H](N)CC3. The smallest absolute Gasteiger partial charge is 0.343 e. The molecule has 0 fully saturated rings. The Morgan fingerprint density at radius 3 is 2.85 bits per heavy atom. The van der Waals surface area contributed by atoms with Gasteiger partial charge in [0.25, 0.3) is 5.56 Å². The molecule has 1 aliphatic carbocycles. The van der Waals surface area contributed by atoms with Crippen LogP contribution in [0.3, 0.4) is 0 Å². The molecule has 3 aromatic rings. The van der Waals surface area contributed by atoms with Gasteiger partial charge in [0, 0.05) is 22.6 Å². The Labute approximate surface area is 196 Å². The first-order chi connectivity index (χ1) is 15.7. The summed E-state index contributed by atoms with van der Waals surface area (Å²) in [7, 11) is 0. The summed E-state index contributed by atoms with van der Waals surface area (Å²) < 4.78 is 22.0. The third kappa shape index (κ3) is 2.47. The van der Waals surface area contributed by atoms with E-state index in [1.54, 1.807) is 24.5 Å². The van der Waals surface area contributed by atoms with Crippen LogP contribution >= 0.6 is 15.9 Å². The van der Waals surface area contributed by atoms with Crippen LogP contribution in [-0.2, 0) is 34.7 Å². The van der Waals surface area contributed by atoms with Crippen molar-refractivity contribution >= 4 is 32.8 Å². The number of nitrogens with two attached hydrogens (primary N) is 1. The maximum absolute atomic E-state index is 15.0. The molecule has 9 heteroatoms. The molecule has 33 heavy (non-hydrogen) atoms. The van der Waals surface area contributed by atoms with Crippen molar-refractivity contribution in [3.63, 3.8) is 0 Å². The summed E-state index contributed by atoms with van der Waals surface area (Å²) >= 11 is 3.39. The molecule has 2 aliphatic heterocycles. The molecule has 2 aromatic heterocycles. The first-order valence-electron chi connectivity index (χ1n) is 10.9. The molecular formula is C24H21BrFN3O4. The molecule has 0 spiro atoms. The van der Waals surface area contributed by atoms with Crippen molar-refractivity contribution in [1.82, 2.24) is 9.55 Å². The summed E-state index contributed by atoms with van der Waals surface area (Å²) in [6, 6.07) is 1.39. The standard InChI is InChI=1S/C24H21BrFN3O4/c1-3-24(32)13-6-15-20-11(7-29(15)22(30)12(13)8-33-23(24)31)16-14(27)5-4-10-9(2)19(26)18(25)21(28-20)17(10)16/h6,14,32H,3-5,7-8,27H2,1-2H3/t14-,24-/m0/s1. The van der Waals surface area contributed by atoms with Crippen LogP contribution in [0.2, 0.25) is 0 Å². The average Bonchev–Trinajstić information content (AvgIpc) is 3.18. The van der Waals surface area contributed by atoms with E-state index in [2.05, 4.69) is 15.9 Å². The van der Waals surface area contributed by atoms with Gasteiger partial charge in [-0.2, -0.15) is 0 Å². The average molecular weight is 514 g/mol. The molecule has 3 N–H and O–H groups in total. The normalized spacial score (nSPS) is 22.7. The highest BCUT2D eigenvalue weighted by molar-refractivity contribution is 9.10. The van der Waals surface area contributed by atoms with Crippen LogP contribution in [0.15, 0.2) is 15.3 Å². The number of fused-ring (bicyclic) bond motifs is 5. The summed E-state index contributed by atoms with van der Waals surface area (Å²) in [5.74, 6) is -1.12. The van der Waals surface area contributed by atoms with Gasteiger partial charge in [-0.3, -0.25) is 4.79 Å². The van der Waals surface area contributed by atoms with Crippen molar-refractivity contribution in [2.24, 2.45) is 5.73 Å². The fourth-order valence-corrected chi connectivity index (χ4v) is 6.23. The van der Waals surface area contributed by atoms with Crippen LogP contribution in [0.4, 0.5) is 4.39 Å². The van der Waals surface area contributed by atoms with Crippen molar-refractivity contribution < 1.29 is 19.0 Å². The third-order valence-corrected chi connectivity index (χ3v) is 8.23. The first-order valence-corrected chi connectivity index (χ1v) is 11.7. The number of rotatable bonds is 1. The van der Waals surface area contributed by atoms with Crippen LogP contribution in [0.1, 0.15) is 59.2 Å². The zero-order valence-corrected chi connectivity index (χ0v) is 19.7. The number of cyclic esters (lactones) is 1. The summed E-state index contributed by atoms with van der Waals surface area (Å²) in [4.78, 5) is 30.6. The van der Waals surface area contributed by atoms with E-state index in [9.17, 15) is 14.7 Å². The molecule has 0 saturated carbocycles. The number of halogens is 2. The zero-order chi connectivity index (χ0) is 23.4. The van der Waals surface area contributed by atoms with Crippen molar-refractivity contribution in [3.8, 4) is 11.4 Å². The van der Waals surface area contributed by atoms with E-state index in [0.29, 0.717) is 35.3 Å². The largest absolute Gasteiger partial charge is 0.458 e. The monoisotopic (exact) mass is 513 g/mol. The lowest BCUT2D eigenvalue weighted by molar-refractivity contribution is -0.172. The highest BCUT2D eigenvalue weighted by Gasteiger charge is 2.45. The molecule has 0 saturated heterocycles. The van der Waals surface area contributed by atoms with Crippen molar-refractivity contribution in [2.75, 3.05) is 0 Å². The van der Waals surface area contributed by atoms with E-state index >= 15 is 4.39 Å². The molecule has 3 aliphatic rings. The lowest BCUT2D eigenvalue weighted by Crippen LogP contribution is -2.44.